The van der Waals surface area contributed by atoms with Gasteiger partial charge in [0.25, 0.3) is 0 Å². The summed E-state index contributed by atoms with van der Waals surface area (Å²) in [4.78, 5) is 10.3. The number of rotatable bonds is 0. The van der Waals surface area contributed by atoms with Crippen molar-refractivity contribution in [3.05, 3.63) is 0 Å². The normalized spacial score (nSPS) is 18.0. The van der Waals surface area contributed by atoms with E-state index in [0.29, 0.717) is 6.42 Å². The van der Waals surface area contributed by atoms with E-state index in [0.717, 1.165) is 0 Å². The molecule has 1 aliphatic rings. The lowest BCUT2D eigenvalue weighted by molar-refractivity contribution is -0.456. The van der Waals surface area contributed by atoms with Crippen LogP contribution >= 0.6 is 0 Å². The molecule has 0 radical (unpaired) electrons. The van der Waals surface area contributed by atoms with Gasteiger partial charge in [-0.3, -0.25) is 4.79 Å². The minimum Gasteiger partial charge on any atom is -0.288 e. The van der Waals surface area contributed by atoms with E-state index in [9.17, 15) is 4.79 Å². The minimum absolute atomic E-state index is 0.0787. The van der Waals surface area contributed by atoms with Crippen molar-refractivity contribution in [2.24, 2.45) is 5.10 Å². The maximum Gasteiger partial charge on any atom is 0.236 e. The number of nitrogens with one attached hydrogen (secondary N) is 1. The summed E-state index contributed by atoms with van der Waals surface area (Å²) in [5, 5.41) is 6.01. The highest BCUT2D eigenvalue weighted by Gasteiger charge is 2.01. The summed E-state index contributed by atoms with van der Waals surface area (Å²) in [5.74, 6) is 0.0787. The minimum atomic E-state index is 0.0787. The fourth-order valence-corrected chi connectivity index (χ4v) is 0.357. The maximum atomic E-state index is 10.3. The lowest BCUT2D eigenvalue weighted by atomic mass is 10.3. The molecular formula is C4H5N2O+. The van der Waals surface area contributed by atoms with Gasteiger partial charge < -0.3 is 0 Å². The van der Waals surface area contributed by atoms with Crippen LogP contribution in [0.4, 0.5) is 0 Å². The van der Waals surface area contributed by atoms with Gasteiger partial charge in [0.05, 0.1) is 12.6 Å². The molecule has 0 aromatic heterocycles. The van der Waals surface area contributed by atoms with Gasteiger partial charge in [-0.05, 0) is 5.10 Å². The van der Waals surface area contributed by atoms with Crippen molar-refractivity contribution in [3.8, 4) is 0 Å². The molecule has 0 atom stereocenters. The summed E-state index contributed by atoms with van der Waals surface area (Å²) in [5.41, 5.74) is 0. The zero-order valence-electron chi connectivity index (χ0n) is 3.72. The number of carbonyl (C=O) groups is 1. The van der Waals surface area contributed by atoms with Crippen LogP contribution in [0.15, 0.2) is 5.10 Å². The van der Waals surface area contributed by atoms with E-state index in [1.807, 2.05) is 0 Å². The SMILES string of the molecule is O=C1C=[NH+]N=CC1. The molecule has 3 nitrogen and oxygen atoms in total. The van der Waals surface area contributed by atoms with Crippen LogP contribution in [0.25, 0.3) is 0 Å². The predicted molar refractivity (Wildman–Crippen MR) is 25.1 cm³/mol. The second kappa shape index (κ2) is 1.64. The number of carbonyl (C=O) groups excluding carboxylic acids is 1. The summed E-state index contributed by atoms with van der Waals surface area (Å²) in [7, 11) is 0. The Kier molecular flexibility index (Phi) is 0.978. The number of ketones is 1. The molecule has 0 bridgehead atoms. The molecule has 0 aromatic rings. The summed E-state index contributed by atoms with van der Waals surface area (Å²) in [6.07, 6.45) is 3.33. The van der Waals surface area contributed by atoms with Gasteiger partial charge in [0.2, 0.25) is 12.0 Å². The molecule has 0 unspecified atom stereocenters. The molecule has 0 fully saturated rings. The zero-order valence-corrected chi connectivity index (χ0v) is 3.72. The van der Waals surface area contributed by atoms with Gasteiger partial charge in [0.1, 0.15) is 0 Å². The highest BCUT2D eigenvalue weighted by Crippen LogP contribution is 1.71. The molecule has 0 spiro atoms. The first-order valence-electron chi connectivity index (χ1n) is 2.03. The zero-order chi connectivity index (χ0) is 5.11. The topological polar surface area (TPSA) is 43.4 Å². The van der Waals surface area contributed by atoms with Crippen molar-refractivity contribution in [2.45, 2.75) is 6.42 Å². The summed E-state index contributed by atoms with van der Waals surface area (Å²) in [6, 6.07) is 0. The quantitative estimate of drug-likeness (QED) is 0.377. The van der Waals surface area contributed by atoms with Crippen molar-refractivity contribution in [3.63, 3.8) is 0 Å². The lowest BCUT2D eigenvalue weighted by Crippen LogP contribution is -2.64. The van der Waals surface area contributed by atoms with E-state index >= 15 is 0 Å². The third kappa shape index (κ3) is 0.924. The molecule has 1 heterocycles. The average molecular weight is 97.1 g/mol. The van der Waals surface area contributed by atoms with Crippen molar-refractivity contribution in [1.82, 2.24) is 0 Å². The summed E-state index contributed by atoms with van der Waals surface area (Å²) in [6.45, 7) is 0. The van der Waals surface area contributed by atoms with E-state index in [1.165, 1.54) is 6.21 Å². The Bertz CT molecular complexity index is 137. The summed E-state index contributed by atoms with van der Waals surface area (Å²) < 4.78 is 0. The molecule has 0 saturated heterocycles. The molecule has 0 saturated carbocycles. The van der Waals surface area contributed by atoms with Gasteiger partial charge in [-0.15, -0.1) is 5.10 Å². The Hall–Kier alpha value is -0.990. The van der Waals surface area contributed by atoms with Crippen LogP contribution in [-0.4, -0.2) is 18.2 Å². The van der Waals surface area contributed by atoms with E-state index in [-0.39, 0.29) is 5.78 Å². The van der Waals surface area contributed by atoms with Crippen molar-refractivity contribution < 1.29 is 9.90 Å². The van der Waals surface area contributed by atoms with Gasteiger partial charge in [-0.25, -0.2) is 0 Å². The molecule has 3 heteroatoms. The van der Waals surface area contributed by atoms with E-state index in [2.05, 4.69) is 10.2 Å². The van der Waals surface area contributed by atoms with Crippen molar-refractivity contribution in [1.29, 1.82) is 0 Å². The first-order valence-corrected chi connectivity index (χ1v) is 2.03. The van der Waals surface area contributed by atoms with E-state index < -0.39 is 0 Å². The number of nitrogens with zero attached hydrogens (tertiary/aromatic N) is 1. The van der Waals surface area contributed by atoms with Crippen LogP contribution in [0.2, 0.25) is 0 Å². The van der Waals surface area contributed by atoms with Gasteiger partial charge >= 0.3 is 0 Å². The Morgan fingerprint density at radius 3 is 3.00 bits per heavy atom. The van der Waals surface area contributed by atoms with Crippen LogP contribution in [0, 0.1) is 0 Å². The average Bonchev–Trinajstić information content (AvgIpc) is 1.69. The lowest BCUT2D eigenvalue weighted by Gasteiger charge is -1.80. The number of hydrazone groups is 1. The Morgan fingerprint density at radius 1 is 1.86 bits per heavy atom. The smallest absolute Gasteiger partial charge is 0.236 e. The first-order chi connectivity index (χ1) is 3.39. The molecule has 1 N–H and O–H groups in total. The second-order valence-electron chi connectivity index (χ2n) is 1.26. The highest BCUT2D eigenvalue weighted by molar-refractivity contribution is 6.28. The van der Waals surface area contributed by atoms with Gasteiger partial charge in [-0.2, -0.15) is 0 Å². The molecule has 1 rings (SSSR count). The molecule has 0 amide bonds. The third-order valence-electron chi connectivity index (χ3n) is 0.684. The molecule has 0 aromatic carbocycles. The van der Waals surface area contributed by atoms with Gasteiger partial charge in [0, 0.05) is 0 Å². The predicted octanol–water partition coefficient (Wildman–Crippen LogP) is -1.90. The van der Waals surface area contributed by atoms with Gasteiger partial charge in [-0.1, -0.05) is 0 Å². The van der Waals surface area contributed by atoms with Crippen LogP contribution in [-0.2, 0) is 4.79 Å². The van der Waals surface area contributed by atoms with Crippen LogP contribution in [0.3, 0.4) is 0 Å². The Balaban J connectivity index is 2.66. The molecular weight excluding hydrogens is 92.1 g/mol. The monoisotopic (exact) mass is 97.0 g/mol. The van der Waals surface area contributed by atoms with E-state index in [1.54, 1.807) is 6.21 Å². The van der Waals surface area contributed by atoms with Crippen LogP contribution in [0.5, 0.6) is 0 Å². The van der Waals surface area contributed by atoms with E-state index in [4.69, 9.17) is 0 Å². The number of Topliss-reactive ketones (excluding diaryl/α,β-unsaturated/α-hetero) is 1. The van der Waals surface area contributed by atoms with Crippen LogP contribution in [0.1, 0.15) is 6.42 Å². The second-order valence-corrected chi connectivity index (χ2v) is 1.26. The first kappa shape index (κ1) is 4.18. The number of hydrogen-bond acceptors (Lipinski definition) is 2. The highest BCUT2D eigenvalue weighted by atomic mass is 16.1. The Labute approximate surface area is 40.8 Å². The van der Waals surface area contributed by atoms with Gasteiger partial charge in [0.15, 0.2) is 0 Å². The van der Waals surface area contributed by atoms with Crippen molar-refractivity contribution >= 4 is 18.2 Å². The fraction of sp³-hybridized carbons (Fsp3) is 0.250. The molecule has 0 aliphatic carbocycles. The molecule has 1 aliphatic heterocycles. The third-order valence-corrected chi connectivity index (χ3v) is 0.684. The molecule has 7 heavy (non-hydrogen) atoms. The molecule has 36 valence electrons. The summed E-state index contributed by atoms with van der Waals surface area (Å²) >= 11 is 0. The number of hydrogen-bond donors (Lipinski definition) is 1. The van der Waals surface area contributed by atoms with Crippen molar-refractivity contribution in [2.75, 3.05) is 0 Å². The largest absolute Gasteiger partial charge is 0.288 e. The Morgan fingerprint density at radius 2 is 2.71 bits per heavy atom. The maximum absolute atomic E-state index is 10.3. The van der Waals surface area contributed by atoms with Crippen LogP contribution < -0.4 is 5.10 Å². The fourth-order valence-electron chi connectivity index (χ4n) is 0.357. The standard InChI is InChI=1S/C4H4N2O/c7-4-1-2-5-6-3-4/h2-3H,1H2/p+1.